The van der Waals surface area contributed by atoms with Crippen LogP contribution in [-0.4, -0.2) is 28.0 Å². The largest absolute Gasteiger partial charge is 0.396 e. The molecular weight excluding hydrogens is 238 g/mol. The number of hydrogen-bond donors (Lipinski definition) is 2. The Labute approximate surface area is 114 Å². The maximum atomic E-state index is 8.89. The lowest BCUT2D eigenvalue weighted by atomic mass is 10.1. The van der Waals surface area contributed by atoms with Crippen LogP contribution in [-0.2, 0) is 13.1 Å². The summed E-state index contributed by atoms with van der Waals surface area (Å²) >= 11 is 0. The summed E-state index contributed by atoms with van der Waals surface area (Å²) in [4.78, 5) is 0. The number of nitrogens with zero attached hydrogens (tertiary/aromatic N) is 2. The molecule has 1 aromatic heterocycles. The molecule has 1 heterocycles. The van der Waals surface area contributed by atoms with Crippen LogP contribution < -0.4 is 5.32 Å². The molecule has 4 heteroatoms. The first-order valence-corrected chi connectivity index (χ1v) is 7.02. The van der Waals surface area contributed by atoms with E-state index < -0.39 is 0 Å². The molecule has 1 aromatic carbocycles. The van der Waals surface area contributed by atoms with Crippen LogP contribution in [0.1, 0.15) is 26.0 Å². The van der Waals surface area contributed by atoms with Crippen molar-refractivity contribution >= 4 is 10.9 Å². The van der Waals surface area contributed by atoms with Crippen LogP contribution in [0.2, 0.25) is 0 Å². The van der Waals surface area contributed by atoms with Gasteiger partial charge in [-0.1, -0.05) is 25.1 Å². The average Bonchev–Trinajstić information content (AvgIpc) is 2.78. The van der Waals surface area contributed by atoms with Crippen molar-refractivity contribution in [2.75, 3.05) is 13.2 Å². The van der Waals surface area contributed by atoms with Gasteiger partial charge in [-0.25, -0.2) is 0 Å². The van der Waals surface area contributed by atoms with Crippen LogP contribution in [0.25, 0.3) is 10.9 Å². The molecule has 2 rings (SSSR count). The molecule has 0 saturated carbocycles. The number of fused-ring (bicyclic) bond motifs is 1. The van der Waals surface area contributed by atoms with Gasteiger partial charge in [-0.3, -0.25) is 4.68 Å². The molecular formula is C15H23N3O. The first-order chi connectivity index (χ1) is 9.26. The van der Waals surface area contributed by atoms with Crippen molar-refractivity contribution in [2.24, 2.45) is 5.92 Å². The monoisotopic (exact) mass is 261 g/mol. The van der Waals surface area contributed by atoms with Crippen molar-refractivity contribution in [3.63, 3.8) is 0 Å². The van der Waals surface area contributed by atoms with Crippen LogP contribution in [0.5, 0.6) is 0 Å². The predicted molar refractivity (Wildman–Crippen MR) is 78.0 cm³/mol. The molecule has 0 aliphatic rings. The number of aliphatic hydroxyl groups is 1. The standard InChI is InChI=1S/C15H23N3O/c1-3-18-15-7-5-4-6-13(15)14(17-18)11-16-10-12(2)8-9-19/h4-7,12,16,19H,3,8-11H2,1-2H3. The molecule has 1 unspecified atom stereocenters. The Morgan fingerprint density at radius 1 is 1.37 bits per heavy atom. The first-order valence-electron chi connectivity index (χ1n) is 7.02. The molecule has 0 amide bonds. The number of benzene rings is 1. The Morgan fingerprint density at radius 3 is 2.89 bits per heavy atom. The average molecular weight is 261 g/mol. The summed E-state index contributed by atoms with van der Waals surface area (Å²) in [6, 6.07) is 8.35. The lowest BCUT2D eigenvalue weighted by Gasteiger charge is -2.10. The number of para-hydroxylation sites is 1. The highest BCUT2D eigenvalue weighted by Crippen LogP contribution is 2.18. The highest BCUT2D eigenvalue weighted by molar-refractivity contribution is 5.81. The van der Waals surface area contributed by atoms with Gasteiger partial charge < -0.3 is 10.4 Å². The molecule has 0 aliphatic heterocycles. The summed E-state index contributed by atoms with van der Waals surface area (Å²) in [6.45, 7) is 7.10. The van der Waals surface area contributed by atoms with Crippen molar-refractivity contribution in [3.8, 4) is 0 Å². The van der Waals surface area contributed by atoms with Crippen molar-refractivity contribution in [3.05, 3.63) is 30.0 Å². The molecule has 0 bridgehead atoms. The van der Waals surface area contributed by atoms with Gasteiger partial charge in [-0.15, -0.1) is 0 Å². The van der Waals surface area contributed by atoms with E-state index in [1.165, 1.54) is 10.9 Å². The Kier molecular flexibility index (Phi) is 4.93. The van der Waals surface area contributed by atoms with E-state index in [0.29, 0.717) is 5.92 Å². The smallest absolute Gasteiger partial charge is 0.0841 e. The van der Waals surface area contributed by atoms with E-state index >= 15 is 0 Å². The quantitative estimate of drug-likeness (QED) is 0.803. The second kappa shape index (κ2) is 6.68. The summed E-state index contributed by atoms with van der Waals surface area (Å²) < 4.78 is 2.05. The minimum absolute atomic E-state index is 0.260. The fourth-order valence-corrected chi connectivity index (χ4v) is 2.33. The molecule has 19 heavy (non-hydrogen) atoms. The van der Waals surface area contributed by atoms with E-state index in [1.54, 1.807) is 0 Å². The van der Waals surface area contributed by atoms with E-state index in [1.807, 2.05) is 4.68 Å². The Hall–Kier alpha value is -1.39. The minimum atomic E-state index is 0.260. The van der Waals surface area contributed by atoms with E-state index in [4.69, 9.17) is 5.11 Å². The molecule has 4 nitrogen and oxygen atoms in total. The number of aliphatic hydroxyl groups excluding tert-OH is 1. The van der Waals surface area contributed by atoms with E-state index in [9.17, 15) is 0 Å². The summed E-state index contributed by atoms with van der Waals surface area (Å²) in [5.74, 6) is 0.490. The van der Waals surface area contributed by atoms with Crippen molar-refractivity contribution in [2.45, 2.75) is 33.4 Å². The zero-order chi connectivity index (χ0) is 13.7. The fourth-order valence-electron chi connectivity index (χ4n) is 2.33. The van der Waals surface area contributed by atoms with E-state index in [0.717, 1.165) is 31.7 Å². The normalized spacial score (nSPS) is 13.0. The summed E-state index contributed by atoms with van der Waals surface area (Å²) in [5, 5.41) is 18.2. The highest BCUT2D eigenvalue weighted by Gasteiger charge is 2.09. The topological polar surface area (TPSA) is 50.1 Å². The van der Waals surface area contributed by atoms with Gasteiger partial charge >= 0.3 is 0 Å². The maximum absolute atomic E-state index is 8.89. The van der Waals surface area contributed by atoms with E-state index in [2.05, 4.69) is 48.5 Å². The lowest BCUT2D eigenvalue weighted by Crippen LogP contribution is -2.21. The molecule has 1 atom stereocenters. The number of aromatic nitrogens is 2. The third-order valence-corrected chi connectivity index (χ3v) is 3.44. The highest BCUT2D eigenvalue weighted by atomic mass is 16.3. The van der Waals surface area contributed by atoms with Gasteiger partial charge in [0.2, 0.25) is 0 Å². The van der Waals surface area contributed by atoms with Crippen LogP contribution in [0.15, 0.2) is 24.3 Å². The van der Waals surface area contributed by atoms with Gasteiger partial charge in [-0.2, -0.15) is 5.10 Å². The van der Waals surface area contributed by atoms with Gasteiger partial charge in [0.15, 0.2) is 0 Å². The second-order valence-electron chi connectivity index (χ2n) is 5.03. The van der Waals surface area contributed by atoms with Gasteiger partial charge in [0.25, 0.3) is 0 Å². The SMILES string of the molecule is CCn1nc(CNCC(C)CCO)c2ccccc21. The first kappa shape index (κ1) is 14.0. The summed E-state index contributed by atoms with van der Waals surface area (Å²) in [5.41, 5.74) is 2.30. The van der Waals surface area contributed by atoms with Crippen molar-refractivity contribution < 1.29 is 5.11 Å². The number of hydrogen-bond acceptors (Lipinski definition) is 3. The number of aryl methyl sites for hydroxylation is 1. The third kappa shape index (κ3) is 3.33. The molecule has 0 spiro atoms. The van der Waals surface area contributed by atoms with Gasteiger partial charge in [0.05, 0.1) is 11.2 Å². The zero-order valence-corrected chi connectivity index (χ0v) is 11.8. The fraction of sp³-hybridized carbons (Fsp3) is 0.533. The Morgan fingerprint density at radius 2 is 2.16 bits per heavy atom. The molecule has 0 fully saturated rings. The molecule has 0 saturated heterocycles. The number of rotatable bonds is 7. The maximum Gasteiger partial charge on any atom is 0.0841 e. The van der Waals surface area contributed by atoms with Crippen LogP contribution in [0, 0.1) is 5.92 Å². The molecule has 2 aromatic rings. The second-order valence-corrected chi connectivity index (χ2v) is 5.03. The summed E-state index contributed by atoms with van der Waals surface area (Å²) in [6.07, 6.45) is 0.844. The molecule has 2 N–H and O–H groups in total. The van der Waals surface area contributed by atoms with Crippen molar-refractivity contribution in [1.82, 2.24) is 15.1 Å². The Bertz CT molecular complexity index is 521. The van der Waals surface area contributed by atoms with Gasteiger partial charge in [-0.05, 0) is 31.9 Å². The molecule has 0 radical (unpaired) electrons. The zero-order valence-electron chi connectivity index (χ0n) is 11.8. The molecule has 104 valence electrons. The van der Waals surface area contributed by atoms with Crippen LogP contribution in [0.4, 0.5) is 0 Å². The molecule has 0 aliphatic carbocycles. The number of nitrogens with one attached hydrogen (secondary N) is 1. The third-order valence-electron chi connectivity index (χ3n) is 3.44. The lowest BCUT2D eigenvalue weighted by molar-refractivity contribution is 0.260. The van der Waals surface area contributed by atoms with Gasteiger partial charge in [0, 0.05) is 25.1 Å². The Balaban J connectivity index is 2.04. The van der Waals surface area contributed by atoms with Crippen molar-refractivity contribution in [1.29, 1.82) is 0 Å². The summed E-state index contributed by atoms with van der Waals surface area (Å²) in [7, 11) is 0. The predicted octanol–water partition coefficient (Wildman–Crippen LogP) is 2.16. The minimum Gasteiger partial charge on any atom is -0.396 e. The van der Waals surface area contributed by atoms with Gasteiger partial charge in [0.1, 0.15) is 0 Å². The van der Waals surface area contributed by atoms with Crippen LogP contribution >= 0.6 is 0 Å². The van der Waals surface area contributed by atoms with E-state index in [-0.39, 0.29) is 6.61 Å². The van der Waals surface area contributed by atoms with Crippen LogP contribution in [0.3, 0.4) is 0 Å².